The van der Waals surface area contributed by atoms with Crippen LogP contribution < -0.4 is 5.32 Å². The van der Waals surface area contributed by atoms with Gasteiger partial charge in [-0.1, -0.05) is 55.5 Å². The van der Waals surface area contributed by atoms with Gasteiger partial charge in [0, 0.05) is 30.1 Å². The van der Waals surface area contributed by atoms with Crippen LogP contribution in [-0.2, 0) is 11.3 Å². The average Bonchev–Trinajstić information content (AvgIpc) is 3.41. The fourth-order valence-corrected chi connectivity index (χ4v) is 3.67. The highest BCUT2D eigenvalue weighted by molar-refractivity contribution is 9.10. The van der Waals surface area contributed by atoms with E-state index in [1.54, 1.807) is 10.9 Å². The van der Waals surface area contributed by atoms with Crippen LogP contribution in [0, 0.1) is 0 Å². The molecule has 0 saturated carbocycles. The van der Waals surface area contributed by atoms with Crippen LogP contribution in [0.4, 0.5) is 0 Å². The zero-order chi connectivity index (χ0) is 20.9. The molecule has 6 nitrogen and oxygen atoms in total. The average molecular weight is 464 g/mol. The lowest BCUT2D eigenvalue weighted by Gasteiger charge is -2.15. The molecule has 0 radical (unpaired) electrons. The molecule has 4 aromatic rings. The summed E-state index contributed by atoms with van der Waals surface area (Å²) in [6.45, 7) is 2.36. The van der Waals surface area contributed by atoms with Crippen LogP contribution in [-0.4, -0.2) is 25.5 Å². The Morgan fingerprint density at radius 3 is 2.40 bits per heavy atom. The Labute approximate surface area is 183 Å². The van der Waals surface area contributed by atoms with Crippen LogP contribution in [0.1, 0.15) is 24.9 Å². The molecule has 7 heteroatoms. The molecule has 1 amide bonds. The van der Waals surface area contributed by atoms with E-state index >= 15 is 0 Å². The van der Waals surface area contributed by atoms with E-state index < -0.39 is 0 Å². The molecule has 0 aliphatic heterocycles. The van der Waals surface area contributed by atoms with E-state index in [-0.39, 0.29) is 11.9 Å². The molecule has 2 aromatic heterocycles. The maximum atomic E-state index is 12.9. The number of aromatic nitrogens is 4. The van der Waals surface area contributed by atoms with Gasteiger partial charge in [0.25, 0.3) is 0 Å². The van der Waals surface area contributed by atoms with Crippen molar-refractivity contribution in [2.45, 2.75) is 25.9 Å². The summed E-state index contributed by atoms with van der Waals surface area (Å²) < 4.78 is 4.39. The highest BCUT2D eigenvalue weighted by Crippen LogP contribution is 2.24. The standard InChI is InChI=1S/C23H22BrN5O/c1-2-21(29-16-19(24)14-26-29)23(30)25-13-18-15-28(20-11-7-4-8-12-20)27-22(18)17-9-5-3-6-10-17/h3-12,14-16,21H,2,13H2,1H3,(H,25,30). The summed E-state index contributed by atoms with van der Waals surface area (Å²) in [6.07, 6.45) is 6.13. The molecule has 0 aliphatic carbocycles. The number of rotatable bonds is 7. The van der Waals surface area contributed by atoms with E-state index in [2.05, 4.69) is 26.3 Å². The van der Waals surface area contributed by atoms with Gasteiger partial charge in [-0.2, -0.15) is 10.2 Å². The van der Waals surface area contributed by atoms with Gasteiger partial charge in [-0.15, -0.1) is 0 Å². The smallest absolute Gasteiger partial charge is 0.245 e. The third-order valence-corrected chi connectivity index (χ3v) is 5.30. The first-order valence-electron chi connectivity index (χ1n) is 9.82. The molecule has 0 aliphatic rings. The number of hydrogen-bond acceptors (Lipinski definition) is 3. The van der Waals surface area contributed by atoms with Crippen LogP contribution in [0.15, 0.2) is 83.7 Å². The van der Waals surface area contributed by atoms with Crippen molar-refractivity contribution >= 4 is 21.8 Å². The second-order valence-electron chi connectivity index (χ2n) is 6.93. The van der Waals surface area contributed by atoms with Crippen molar-refractivity contribution in [3.05, 3.63) is 89.3 Å². The Hall–Kier alpha value is -3.19. The quantitative estimate of drug-likeness (QED) is 0.429. The van der Waals surface area contributed by atoms with Gasteiger partial charge in [0.15, 0.2) is 0 Å². The summed E-state index contributed by atoms with van der Waals surface area (Å²) in [6, 6.07) is 19.6. The largest absolute Gasteiger partial charge is 0.350 e. The molecule has 0 fully saturated rings. The molecular weight excluding hydrogens is 442 g/mol. The molecule has 0 saturated heterocycles. The third-order valence-electron chi connectivity index (χ3n) is 4.89. The van der Waals surface area contributed by atoms with Gasteiger partial charge in [0.05, 0.1) is 22.1 Å². The Morgan fingerprint density at radius 2 is 1.77 bits per heavy atom. The van der Waals surface area contributed by atoms with Crippen LogP contribution in [0.5, 0.6) is 0 Å². The molecule has 0 bridgehead atoms. The first-order valence-corrected chi connectivity index (χ1v) is 10.6. The summed E-state index contributed by atoms with van der Waals surface area (Å²) in [4.78, 5) is 12.9. The molecule has 152 valence electrons. The molecule has 30 heavy (non-hydrogen) atoms. The van der Waals surface area contributed by atoms with E-state index in [4.69, 9.17) is 5.10 Å². The van der Waals surface area contributed by atoms with Gasteiger partial charge in [-0.3, -0.25) is 9.48 Å². The molecule has 0 spiro atoms. The first kappa shape index (κ1) is 20.1. The van der Waals surface area contributed by atoms with E-state index in [1.807, 2.05) is 84.7 Å². The van der Waals surface area contributed by atoms with Gasteiger partial charge >= 0.3 is 0 Å². The lowest BCUT2D eigenvalue weighted by atomic mass is 10.1. The van der Waals surface area contributed by atoms with Crippen molar-refractivity contribution in [3.8, 4) is 16.9 Å². The van der Waals surface area contributed by atoms with E-state index in [9.17, 15) is 4.79 Å². The monoisotopic (exact) mass is 463 g/mol. The van der Waals surface area contributed by atoms with Crippen molar-refractivity contribution in [3.63, 3.8) is 0 Å². The highest BCUT2D eigenvalue weighted by atomic mass is 79.9. The normalized spacial score (nSPS) is 11.9. The number of amides is 1. The second-order valence-corrected chi connectivity index (χ2v) is 7.85. The molecule has 1 N–H and O–H groups in total. The molecule has 2 aromatic carbocycles. The summed E-state index contributed by atoms with van der Waals surface area (Å²) in [5, 5.41) is 12.1. The molecule has 1 unspecified atom stereocenters. The first-order chi connectivity index (χ1) is 14.7. The Bertz CT molecular complexity index is 1120. The van der Waals surface area contributed by atoms with Crippen LogP contribution in [0.3, 0.4) is 0 Å². The minimum absolute atomic E-state index is 0.0698. The lowest BCUT2D eigenvalue weighted by Crippen LogP contribution is -2.32. The van der Waals surface area contributed by atoms with E-state index in [0.29, 0.717) is 13.0 Å². The molecule has 1 atom stereocenters. The van der Waals surface area contributed by atoms with Gasteiger partial charge in [0.2, 0.25) is 5.91 Å². The maximum Gasteiger partial charge on any atom is 0.245 e. The number of halogens is 1. The summed E-state index contributed by atoms with van der Waals surface area (Å²) in [5.74, 6) is -0.0698. The molecular formula is C23H22BrN5O. The summed E-state index contributed by atoms with van der Waals surface area (Å²) in [5.41, 5.74) is 3.80. The van der Waals surface area contributed by atoms with Gasteiger partial charge in [0.1, 0.15) is 6.04 Å². The highest BCUT2D eigenvalue weighted by Gasteiger charge is 2.20. The summed E-state index contributed by atoms with van der Waals surface area (Å²) in [7, 11) is 0. The van der Waals surface area contributed by atoms with Crippen LogP contribution in [0.25, 0.3) is 16.9 Å². The zero-order valence-corrected chi connectivity index (χ0v) is 18.2. The molecule has 2 heterocycles. The number of para-hydroxylation sites is 1. The number of carbonyl (C=O) groups excluding carboxylic acids is 1. The SMILES string of the molecule is CCC(C(=O)NCc1cn(-c2ccccc2)nc1-c1ccccc1)n1cc(Br)cn1. The van der Waals surface area contributed by atoms with Crippen molar-refractivity contribution in [2.24, 2.45) is 0 Å². The van der Waals surface area contributed by atoms with Crippen molar-refractivity contribution in [2.75, 3.05) is 0 Å². The fourth-order valence-electron chi connectivity index (χ4n) is 3.37. The minimum atomic E-state index is -0.361. The number of carbonyl (C=O) groups is 1. The number of benzene rings is 2. The van der Waals surface area contributed by atoms with Gasteiger partial charge < -0.3 is 5.32 Å². The Kier molecular flexibility index (Phi) is 6.09. The number of nitrogens with zero attached hydrogens (tertiary/aromatic N) is 4. The predicted octanol–water partition coefficient (Wildman–Crippen LogP) is 4.77. The zero-order valence-electron chi connectivity index (χ0n) is 16.6. The van der Waals surface area contributed by atoms with Gasteiger partial charge in [-0.25, -0.2) is 4.68 Å². The topological polar surface area (TPSA) is 64.7 Å². The molecule has 4 rings (SSSR count). The maximum absolute atomic E-state index is 12.9. The van der Waals surface area contributed by atoms with Gasteiger partial charge in [-0.05, 0) is 34.5 Å². The third kappa shape index (κ3) is 4.36. The van der Waals surface area contributed by atoms with Crippen LogP contribution in [0.2, 0.25) is 0 Å². The summed E-state index contributed by atoms with van der Waals surface area (Å²) >= 11 is 3.39. The van der Waals surface area contributed by atoms with Crippen LogP contribution >= 0.6 is 15.9 Å². The lowest BCUT2D eigenvalue weighted by molar-refractivity contribution is -0.124. The van der Waals surface area contributed by atoms with E-state index in [0.717, 1.165) is 27.0 Å². The Balaban J connectivity index is 1.59. The predicted molar refractivity (Wildman–Crippen MR) is 120 cm³/mol. The Morgan fingerprint density at radius 1 is 1.07 bits per heavy atom. The fraction of sp³-hybridized carbons (Fsp3) is 0.174. The van der Waals surface area contributed by atoms with Crippen molar-refractivity contribution in [1.82, 2.24) is 24.9 Å². The number of nitrogens with one attached hydrogen (secondary N) is 1. The second kappa shape index (κ2) is 9.09. The number of hydrogen-bond donors (Lipinski definition) is 1. The van der Waals surface area contributed by atoms with E-state index in [1.165, 1.54) is 0 Å². The van der Waals surface area contributed by atoms with Crippen molar-refractivity contribution in [1.29, 1.82) is 0 Å². The minimum Gasteiger partial charge on any atom is -0.350 e. The van der Waals surface area contributed by atoms with Crippen molar-refractivity contribution < 1.29 is 4.79 Å².